The standard InChI is InChI=1S/C15H16F2N2O2/c1-9-4-12(21-18-9)8-19-7-11(20)6-15(19)13-5-10(16)2-3-14(13)17/h2-5,11,15,20H,6-8H2,1H3/t11-,15+/m0/s1. The second-order valence-corrected chi connectivity index (χ2v) is 5.44. The van der Waals surface area contributed by atoms with Gasteiger partial charge in [-0.2, -0.15) is 0 Å². The van der Waals surface area contributed by atoms with Crippen LogP contribution in [0.2, 0.25) is 0 Å². The summed E-state index contributed by atoms with van der Waals surface area (Å²) in [6.07, 6.45) is -0.199. The van der Waals surface area contributed by atoms with E-state index >= 15 is 0 Å². The van der Waals surface area contributed by atoms with E-state index in [0.29, 0.717) is 25.3 Å². The lowest BCUT2D eigenvalue weighted by Crippen LogP contribution is -2.24. The van der Waals surface area contributed by atoms with Crippen molar-refractivity contribution in [1.29, 1.82) is 0 Å². The third-order valence-electron chi connectivity index (χ3n) is 3.73. The molecule has 1 aromatic heterocycles. The molecule has 1 aliphatic heterocycles. The Morgan fingerprint density at radius 1 is 1.38 bits per heavy atom. The molecule has 0 aliphatic carbocycles. The Labute approximate surface area is 121 Å². The van der Waals surface area contributed by atoms with E-state index in [9.17, 15) is 13.9 Å². The molecule has 2 aromatic rings. The van der Waals surface area contributed by atoms with Gasteiger partial charge in [-0.3, -0.25) is 4.90 Å². The minimum atomic E-state index is -0.568. The minimum absolute atomic E-state index is 0.266. The van der Waals surface area contributed by atoms with E-state index in [1.807, 2.05) is 11.8 Å². The van der Waals surface area contributed by atoms with Gasteiger partial charge in [0.2, 0.25) is 0 Å². The molecule has 0 amide bonds. The average molecular weight is 294 g/mol. The Morgan fingerprint density at radius 3 is 2.90 bits per heavy atom. The SMILES string of the molecule is Cc1cc(CN2C[C@@H](O)C[C@@H]2c2cc(F)ccc2F)on1. The van der Waals surface area contributed by atoms with Crippen LogP contribution in [-0.2, 0) is 6.54 Å². The normalized spacial score (nSPS) is 22.9. The highest BCUT2D eigenvalue weighted by Gasteiger charge is 2.34. The molecule has 0 bridgehead atoms. The average Bonchev–Trinajstić information content (AvgIpc) is 2.99. The molecule has 0 saturated carbocycles. The van der Waals surface area contributed by atoms with Gasteiger partial charge < -0.3 is 9.63 Å². The van der Waals surface area contributed by atoms with Gasteiger partial charge in [0.1, 0.15) is 11.6 Å². The Bertz CT molecular complexity index is 644. The number of aliphatic hydroxyl groups excluding tert-OH is 1. The maximum Gasteiger partial charge on any atom is 0.150 e. The molecule has 1 saturated heterocycles. The highest BCUT2D eigenvalue weighted by Crippen LogP contribution is 2.35. The predicted octanol–water partition coefficient (Wildman–Crippen LogP) is 2.57. The molecule has 1 aliphatic rings. The van der Waals surface area contributed by atoms with E-state index in [2.05, 4.69) is 5.16 Å². The summed E-state index contributed by atoms with van der Waals surface area (Å²) in [5.74, 6) is -0.305. The largest absolute Gasteiger partial charge is 0.392 e. The Morgan fingerprint density at radius 2 is 2.19 bits per heavy atom. The summed E-state index contributed by atoms with van der Waals surface area (Å²) in [6, 6.07) is 4.82. The van der Waals surface area contributed by atoms with Crippen LogP contribution < -0.4 is 0 Å². The third kappa shape index (κ3) is 2.96. The van der Waals surface area contributed by atoms with Crippen LogP contribution in [0.25, 0.3) is 0 Å². The van der Waals surface area contributed by atoms with Crippen LogP contribution in [0.5, 0.6) is 0 Å². The number of hydrogen-bond acceptors (Lipinski definition) is 4. The van der Waals surface area contributed by atoms with E-state index in [0.717, 1.165) is 17.8 Å². The zero-order valence-corrected chi connectivity index (χ0v) is 11.6. The van der Waals surface area contributed by atoms with E-state index in [1.165, 1.54) is 6.07 Å². The fourth-order valence-corrected chi connectivity index (χ4v) is 2.84. The van der Waals surface area contributed by atoms with Crippen molar-refractivity contribution in [3.8, 4) is 0 Å². The summed E-state index contributed by atoms with van der Waals surface area (Å²) < 4.78 is 32.5. The number of rotatable bonds is 3. The molecule has 0 spiro atoms. The van der Waals surface area contributed by atoms with E-state index in [-0.39, 0.29) is 11.6 Å². The first-order valence-electron chi connectivity index (χ1n) is 6.82. The summed E-state index contributed by atoms with van der Waals surface area (Å²) >= 11 is 0. The van der Waals surface area contributed by atoms with Crippen molar-refractivity contribution in [1.82, 2.24) is 10.1 Å². The first kappa shape index (κ1) is 14.2. The molecule has 6 heteroatoms. The van der Waals surface area contributed by atoms with Gasteiger partial charge in [-0.05, 0) is 31.5 Å². The molecule has 1 N–H and O–H groups in total. The summed E-state index contributed by atoms with van der Waals surface area (Å²) in [7, 11) is 0. The van der Waals surface area contributed by atoms with Crippen LogP contribution in [0.15, 0.2) is 28.8 Å². The molecule has 112 valence electrons. The number of halogens is 2. The fourth-order valence-electron chi connectivity index (χ4n) is 2.84. The Balaban J connectivity index is 1.86. The van der Waals surface area contributed by atoms with Crippen LogP contribution in [0.4, 0.5) is 8.78 Å². The number of β-amino-alcohol motifs (C(OH)–C–C–N with tert-alkyl or cyclic N) is 1. The summed E-state index contributed by atoms with van der Waals surface area (Å²) in [6.45, 7) is 2.61. The smallest absolute Gasteiger partial charge is 0.150 e. The molecular formula is C15H16F2N2O2. The maximum atomic E-state index is 14.0. The fraction of sp³-hybridized carbons (Fsp3) is 0.400. The zero-order valence-electron chi connectivity index (χ0n) is 11.6. The molecule has 4 nitrogen and oxygen atoms in total. The summed E-state index contributed by atoms with van der Waals surface area (Å²) in [4.78, 5) is 1.88. The molecule has 0 unspecified atom stereocenters. The van der Waals surface area contributed by atoms with Gasteiger partial charge in [0.25, 0.3) is 0 Å². The number of aliphatic hydroxyl groups is 1. The van der Waals surface area contributed by atoms with Crippen molar-refractivity contribution in [3.05, 3.63) is 52.9 Å². The highest BCUT2D eigenvalue weighted by molar-refractivity contribution is 5.24. The Hall–Kier alpha value is -1.79. The molecular weight excluding hydrogens is 278 g/mol. The number of likely N-dealkylation sites (tertiary alicyclic amines) is 1. The highest BCUT2D eigenvalue weighted by atomic mass is 19.1. The van der Waals surface area contributed by atoms with Crippen molar-refractivity contribution in [2.75, 3.05) is 6.54 Å². The number of benzene rings is 1. The minimum Gasteiger partial charge on any atom is -0.392 e. The van der Waals surface area contributed by atoms with Gasteiger partial charge in [-0.15, -0.1) is 0 Å². The lowest BCUT2D eigenvalue weighted by molar-refractivity contribution is 0.165. The summed E-state index contributed by atoms with van der Waals surface area (Å²) in [5, 5.41) is 13.7. The monoisotopic (exact) mass is 294 g/mol. The number of aromatic nitrogens is 1. The first-order chi connectivity index (χ1) is 10.0. The van der Waals surface area contributed by atoms with Crippen LogP contribution in [0.1, 0.15) is 29.5 Å². The van der Waals surface area contributed by atoms with Crippen molar-refractivity contribution in [2.45, 2.75) is 32.0 Å². The molecule has 1 fully saturated rings. The van der Waals surface area contributed by atoms with E-state index in [4.69, 9.17) is 4.52 Å². The van der Waals surface area contributed by atoms with Gasteiger partial charge in [0.05, 0.1) is 18.3 Å². The van der Waals surface area contributed by atoms with Crippen molar-refractivity contribution in [3.63, 3.8) is 0 Å². The van der Waals surface area contributed by atoms with Gasteiger partial charge in [-0.25, -0.2) is 8.78 Å². The second kappa shape index (κ2) is 5.54. The van der Waals surface area contributed by atoms with Crippen LogP contribution in [-0.4, -0.2) is 27.8 Å². The molecule has 2 atom stereocenters. The quantitative estimate of drug-likeness (QED) is 0.945. The molecule has 3 rings (SSSR count). The second-order valence-electron chi connectivity index (χ2n) is 5.44. The number of hydrogen-bond donors (Lipinski definition) is 1. The van der Waals surface area contributed by atoms with E-state index < -0.39 is 17.7 Å². The molecule has 21 heavy (non-hydrogen) atoms. The topological polar surface area (TPSA) is 49.5 Å². The maximum absolute atomic E-state index is 14.0. The zero-order chi connectivity index (χ0) is 15.0. The van der Waals surface area contributed by atoms with Crippen LogP contribution in [0, 0.1) is 18.6 Å². The van der Waals surface area contributed by atoms with Gasteiger partial charge in [0.15, 0.2) is 5.76 Å². The van der Waals surface area contributed by atoms with Crippen molar-refractivity contribution < 1.29 is 18.4 Å². The van der Waals surface area contributed by atoms with Crippen molar-refractivity contribution in [2.24, 2.45) is 0 Å². The van der Waals surface area contributed by atoms with Gasteiger partial charge >= 0.3 is 0 Å². The molecule has 2 heterocycles. The third-order valence-corrected chi connectivity index (χ3v) is 3.73. The number of nitrogens with zero attached hydrogens (tertiary/aromatic N) is 2. The van der Waals surface area contributed by atoms with E-state index in [1.54, 1.807) is 6.07 Å². The van der Waals surface area contributed by atoms with Crippen molar-refractivity contribution >= 4 is 0 Å². The van der Waals surface area contributed by atoms with Crippen LogP contribution in [0.3, 0.4) is 0 Å². The Kier molecular flexibility index (Phi) is 3.73. The van der Waals surface area contributed by atoms with Gasteiger partial charge in [0, 0.05) is 24.2 Å². The molecule has 1 aromatic carbocycles. The summed E-state index contributed by atoms with van der Waals surface area (Å²) in [5.41, 5.74) is 1.03. The van der Waals surface area contributed by atoms with Crippen LogP contribution >= 0.6 is 0 Å². The predicted molar refractivity (Wildman–Crippen MR) is 71.4 cm³/mol. The molecule has 0 radical (unpaired) electrons. The lowest BCUT2D eigenvalue weighted by atomic mass is 10.0. The first-order valence-corrected chi connectivity index (χ1v) is 6.82. The number of aryl methyl sites for hydroxylation is 1. The van der Waals surface area contributed by atoms with Gasteiger partial charge in [-0.1, -0.05) is 5.16 Å². The lowest BCUT2D eigenvalue weighted by Gasteiger charge is -2.23.